The summed E-state index contributed by atoms with van der Waals surface area (Å²) in [4.78, 5) is 4.35. The first-order valence-corrected chi connectivity index (χ1v) is 8.12. The van der Waals surface area contributed by atoms with E-state index < -0.39 is 0 Å². The Hall–Kier alpha value is -2.15. The maximum Gasteiger partial charge on any atom is 0.0702 e. The van der Waals surface area contributed by atoms with Crippen molar-refractivity contribution in [3.8, 4) is 0 Å². The largest absolute Gasteiger partial charge is 0.256 e. The molecular weight excluding hydrogens is 266 g/mol. The third-order valence-corrected chi connectivity index (χ3v) is 3.71. The summed E-state index contributed by atoms with van der Waals surface area (Å²) in [5.41, 5.74) is 5.18. The number of rotatable bonds is 3. The molecule has 2 aromatic carbocycles. The fraction of sp³-hybridized carbons (Fsp3) is 0.286. The van der Waals surface area contributed by atoms with Crippen LogP contribution in [0, 0.1) is 6.92 Å². The third kappa shape index (κ3) is 4.70. The van der Waals surface area contributed by atoms with Gasteiger partial charge in [-0.3, -0.25) is 4.98 Å². The maximum absolute atomic E-state index is 4.35. The number of benzene rings is 2. The summed E-state index contributed by atoms with van der Waals surface area (Å²) in [6, 6.07) is 19.1. The van der Waals surface area contributed by atoms with E-state index in [1.807, 2.05) is 24.4 Å². The molecule has 1 heterocycles. The average Bonchev–Trinajstić information content (AvgIpc) is 2.57. The smallest absolute Gasteiger partial charge is 0.0702 e. The van der Waals surface area contributed by atoms with E-state index in [4.69, 9.17) is 0 Å². The molecular formula is C21H25N. The molecule has 0 unspecified atom stereocenters. The van der Waals surface area contributed by atoms with Gasteiger partial charge in [-0.25, -0.2) is 0 Å². The number of para-hydroxylation sites is 1. The Labute approximate surface area is 134 Å². The lowest BCUT2D eigenvalue weighted by Gasteiger charge is -1.98. The predicted molar refractivity (Wildman–Crippen MR) is 96.3 cm³/mol. The van der Waals surface area contributed by atoms with Crippen LogP contribution in [0.4, 0.5) is 0 Å². The van der Waals surface area contributed by atoms with Gasteiger partial charge in [0.2, 0.25) is 0 Å². The normalized spacial score (nSPS) is 10.1. The van der Waals surface area contributed by atoms with Crippen LogP contribution in [-0.4, -0.2) is 4.98 Å². The summed E-state index contributed by atoms with van der Waals surface area (Å²) in [7, 11) is 0. The molecule has 0 atom stereocenters. The Bertz CT molecular complexity index is 698. The van der Waals surface area contributed by atoms with E-state index in [9.17, 15) is 0 Å². The highest BCUT2D eigenvalue weighted by atomic mass is 14.6. The van der Waals surface area contributed by atoms with Crippen LogP contribution in [0.2, 0.25) is 0 Å². The summed E-state index contributed by atoms with van der Waals surface area (Å²) in [5.74, 6) is 0. The summed E-state index contributed by atoms with van der Waals surface area (Å²) < 4.78 is 0. The van der Waals surface area contributed by atoms with Crippen molar-refractivity contribution in [3.63, 3.8) is 0 Å². The highest BCUT2D eigenvalue weighted by Crippen LogP contribution is 2.12. The van der Waals surface area contributed by atoms with E-state index in [2.05, 4.69) is 62.2 Å². The van der Waals surface area contributed by atoms with Gasteiger partial charge in [0.15, 0.2) is 0 Å². The monoisotopic (exact) mass is 291 g/mol. The van der Waals surface area contributed by atoms with Crippen LogP contribution >= 0.6 is 0 Å². The van der Waals surface area contributed by atoms with Crippen LogP contribution in [0.25, 0.3) is 10.9 Å². The van der Waals surface area contributed by atoms with Crippen LogP contribution in [0.1, 0.15) is 37.0 Å². The van der Waals surface area contributed by atoms with E-state index in [0.29, 0.717) is 0 Å². The van der Waals surface area contributed by atoms with Gasteiger partial charge in [-0.15, -0.1) is 0 Å². The molecule has 22 heavy (non-hydrogen) atoms. The van der Waals surface area contributed by atoms with Crippen LogP contribution < -0.4 is 0 Å². The van der Waals surface area contributed by atoms with Gasteiger partial charge in [0.1, 0.15) is 0 Å². The highest BCUT2D eigenvalue weighted by molar-refractivity contribution is 5.78. The molecule has 1 nitrogen and oxygen atoms in total. The van der Waals surface area contributed by atoms with E-state index in [0.717, 1.165) is 11.9 Å². The minimum absolute atomic E-state index is 1.05. The fourth-order valence-corrected chi connectivity index (χ4v) is 2.35. The molecule has 0 radical (unpaired) electrons. The second-order valence-electron chi connectivity index (χ2n) is 5.63. The lowest BCUT2D eigenvalue weighted by molar-refractivity contribution is 0.921. The maximum atomic E-state index is 4.35. The molecule has 0 bridgehead atoms. The number of aryl methyl sites for hydroxylation is 3. The number of fused-ring (bicyclic) bond motifs is 1. The zero-order valence-corrected chi connectivity index (χ0v) is 13.8. The standard InChI is InChI=1S/C11H11N.C10H14/c1-2-9-7-10-5-3-4-6-11(10)12-8-9;1-3-4-10-7-5-9(2)6-8-10/h3-8H,2H2,1H3;5-8H,3-4H2,1-2H3. The van der Waals surface area contributed by atoms with Gasteiger partial charge in [0.25, 0.3) is 0 Å². The molecule has 0 aliphatic carbocycles. The quantitative estimate of drug-likeness (QED) is 0.599. The van der Waals surface area contributed by atoms with Crippen molar-refractivity contribution in [1.82, 2.24) is 4.98 Å². The zero-order valence-electron chi connectivity index (χ0n) is 13.8. The number of hydrogen-bond donors (Lipinski definition) is 0. The van der Waals surface area contributed by atoms with E-state index in [1.54, 1.807) is 0 Å². The first-order chi connectivity index (χ1) is 10.7. The Balaban J connectivity index is 0.000000164. The molecule has 1 aromatic heterocycles. The average molecular weight is 291 g/mol. The summed E-state index contributed by atoms with van der Waals surface area (Å²) in [6.07, 6.45) is 5.45. The van der Waals surface area contributed by atoms with Gasteiger partial charge < -0.3 is 0 Å². The van der Waals surface area contributed by atoms with Gasteiger partial charge >= 0.3 is 0 Å². The second kappa shape index (κ2) is 8.33. The van der Waals surface area contributed by atoms with Crippen molar-refractivity contribution in [3.05, 3.63) is 77.5 Å². The molecule has 0 saturated heterocycles. The van der Waals surface area contributed by atoms with Gasteiger partial charge in [-0.05, 0) is 43.0 Å². The molecule has 0 aliphatic heterocycles. The van der Waals surface area contributed by atoms with Crippen LogP contribution in [0.3, 0.4) is 0 Å². The Kier molecular flexibility index (Phi) is 6.14. The predicted octanol–water partition coefficient (Wildman–Crippen LogP) is 5.74. The van der Waals surface area contributed by atoms with Crippen molar-refractivity contribution in [1.29, 1.82) is 0 Å². The molecule has 3 rings (SSSR count). The molecule has 1 heteroatoms. The SMILES string of the molecule is CCCc1ccc(C)cc1.CCc1cnc2ccccc2c1. The topological polar surface area (TPSA) is 12.9 Å². The van der Waals surface area contributed by atoms with Crippen molar-refractivity contribution >= 4 is 10.9 Å². The van der Waals surface area contributed by atoms with Gasteiger partial charge in [0, 0.05) is 11.6 Å². The first-order valence-electron chi connectivity index (χ1n) is 8.12. The van der Waals surface area contributed by atoms with Crippen molar-refractivity contribution in [2.75, 3.05) is 0 Å². The first kappa shape index (κ1) is 16.2. The molecule has 3 aromatic rings. The second-order valence-corrected chi connectivity index (χ2v) is 5.63. The van der Waals surface area contributed by atoms with Crippen LogP contribution in [0.5, 0.6) is 0 Å². The van der Waals surface area contributed by atoms with Crippen molar-refractivity contribution in [2.45, 2.75) is 40.0 Å². The van der Waals surface area contributed by atoms with Crippen LogP contribution in [0.15, 0.2) is 60.8 Å². The summed E-state index contributed by atoms with van der Waals surface area (Å²) >= 11 is 0. The van der Waals surface area contributed by atoms with Gasteiger partial charge in [0.05, 0.1) is 5.52 Å². The van der Waals surface area contributed by atoms with E-state index in [-0.39, 0.29) is 0 Å². The fourth-order valence-electron chi connectivity index (χ4n) is 2.35. The summed E-state index contributed by atoms with van der Waals surface area (Å²) in [5, 5.41) is 1.23. The van der Waals surface area contributed by atoms with Crippen molar-refractivity contribution in [2.24, 2.45) is 0 Å². The minimum atomic E-state index is 1.05. The molecule has 0 spiro atoms. The highest BCUT2D eigenvalue weighted by Gasteiger charge is 1.93. The molecule has 0 aliphatic rings. The van der Waals surface area contributed by atoms with Gasteiger partial charge in [-0.2, -0.15) is 0 Å². The summed E-state index contributed by atoms with van der Waals surface area (Å²) in [6.45, 7) is 6.47. The number of hydrogen-bond acceptors (Lipinski definition) is 1. The lowest BCUT2D eigenvalue weighted by Crippen LogP contribution is -1.83. The van der Waals surface area contributed by atoms with Gasteiger partial charge in [-0.1, -0.05) is 68.3 Å². The van der Waals surface area contributed by atoms with E-state index in [1.165, 1.54) is 34.9 Å². The molecule has 0 amide bonds. The number of pyridine rings is 1. The molecule has 114 valence electrons. The molecule has 0 saturated carbocycles. The van der Waals surface area contributed by atoms with Crippen LogP contribution in [-0.2, 0) is 12.8 Å². The molecule has 0 N–H and O–H groups in total. The Morgan fingerprint density at radius 3 is 2.27 bits per heavy atom. The number of nitrogens with zero attached hydrogens (tertiary/aromatic N) is 1. The zero-order chi connectivity index (χ0) is 15.8. The lowest BCUT2D eigenvalue weighted by atomic mass is 10.1. The Morgan fingerprint density at radius 2 is 1.59 bits per heavy atom. The van der Waals surface area contributed by atoms with Crippen molar-refractivity contribution < 1.29 is 0 Å². The number of aromatic nitrogens is 1. The molecule has 0 fully saturated rings. The van der Waals surface area contributed by atoms with E-state index >= 15 is 0 Å². The Morgan fingerprint density at radius 1 is 0.864 bits per heavy atom. The minimum Gasteiger partial charge on any atom is -0.256 e. The third-order valence-electron chi connectivity index (χ3n) is 3.71.